The molecule has 0 spiro atoms. The van der Waals surface area contributed by atoms with Crippen LogP contribution >= 0.6 is 0 Å². The summed E-state index contributed by atoms with van der Waals surface area (Å²) in [6.07, 6.45) is 0. The second-order valence-corrected chi connectivity index (χ2v) is 4.42. The third-order valence-corrected chi connectivity index (χ3v) is 2.86. The van der Waals surface area contributed by atoms with E-state index in [9.17, 15) is 13.6 Å². The van der Waals surface area contributed by atoms with Gasteiger partial charge in [0, 0.05) is 19.2 Å². The standard InChI is InChI=1S/C15H11F2N3O/c1-20(15(21)13-3-2-4-14(17)19-13)9-11-7-10(8-18)5-6-12(11)16/h2-7H,9H2,1H3. The predicted octanol–water partition coefficient (Wildman–Crippen LogP) is 2.50. The highest BCUT2D eigenvalue weighted by Crippen LogP contribution is 2.13. The highest BCUT2D eigenvalue weighted by atomic mass is 19.1. The van der Waals surface area contributed by atoms with Gasteiger partial charge in [-0.3, -0.25) is 4.79 Å². The van der Waals surface area contributed by atoms with Gasteiger partial charge in [-0.1, -0.05) is 6.07 Å². The van der Waals surface area contributed by atoms with Crippen LogP contribution in [-0.4, -0.2) is 22.8 Å². The Kier molecular flexibility index (Phi) is 4.24. The first kappa shape index (κ1) is 14.6. The molecule has 0 radical (unpaired) electrons. The fourth-order valence-electron chi connectivity index (χ4n) is 1.82. The van der Waals surface area contributed by atoms with Gasteiger partial charge in [0.1, 0.15) is 11.5 Å². The van der Waals surface area contributed by atoms with Gasteiger partial charge in [-0.2, -0.15) is 9.65 Å². The lowest BCUT2D eigenvalue weighted by Crippen LogP contribution is -2.27. The molecule has 1 amide bonds. The van der Waals surface area contributed by atoms with Crippen molar-refractivity contribution in [3.63, 3.8) is 0 Å². The van der Waals surface area contributed by atoms with Gasteiger partial charge in [0.2, 0.25) is 5.95 Å². The summed E-state index contributed by atoms with van der Waals surface area (Å²) in [5.74, 6) is -1.80. The maximum atomic E-state index is 13.7. The number of rotatable bonds is 3. The molecule has 0 bridgehead atoms. The molecular formula is C15H11F2N3O. The zero-order valence-corrected chi connectivity index (χ0v) is 11.2. The Labute approximate surface area is 120 Å². The first-order valence-corrected chi connectivity index (χ1v) is 6.08. The number of hydrogen-bond donors (Lipinski definition) is 0. The zero-order valence-electron chi connectivity index (χ0n) is 11.2. The second-order valence-electron chi connectivity index (χ2n) is 4.42. The lowest BCUT2D eigenvalue weighted by Gasteiger charge is -2.17. The third-order valence-electron chi connectivity index (χ3n) is 2.86. The summed E-state index contributed by atoms with van der Waals surface area (Å²) in [5.41, 5.74) is 0.451. The van der Waals surface area contributed by atoms with Crippen molar-refractivity contribution in [3.8, 4) is 6.07 Å². The van der Waals surface area contributed by atoms with Crippen LogP contribution in [-0.2, 0) is 6.54 Å². The van der Waals surface area contributed by atoms with E-state index < -0.39 is 17.7 Å². The topological polar surface area (TPSA) is 57.0 Å². The van der Waals surface area contributed by atoms with Crippen LogP contribution in [0.5, 0.6) is 0 Å². The lowest BCUT2D eigenvalue weighted by molar-refractivity contribution is 0.0776. The van der Waals surface area contributed by atoms with Crippen molar-refractivity contribution >= 4 is 5.91 Å². The molecule has 2 aromatic rings. The van der Waals surface area contributed by atoms with E-state index >= 15 is 0 Å². The summed E-state index contributed by atoms with van der Waals surface area (Å²) in [6.45, 7) is -0.0433. The van der Waals surface area contributed by atoms with Crippen LogP contribution in [0.2, 0.25) is 0 Å². The summed E-state index contributed by atoms with van der Waals surface area (Å²) in [7, 11) is 1.45. The summed E-state index contributed by atoms with van der Waals surface area (Å²) in [4.78, 5) is 16.8. The first-order valence-electron chi connectivity index (χ1n) is 6.08. The predicted molar refractivity (Wildman–Crippen MR) is 71.1 cm³/mol. The van der Waals surface area contributed by atoms with Crippen LogP contribution < -0.4 is 0 Å². The van der Waals surface area contributed by atoms with Crippen LogP contribution in [0.4, 0.5) is 8.78 Å². The molecule has 0 aliphatic carbocycles. The Bertz CT molecular complexity index is 725. The van der Waals surface area contributed by atoms with Gasteiger partial charge in [-0.05, 0) is 30.3 Å². The van der Waals surface area contributed by atoms with Crippen molar-refractivity contribution in [1.82, 2.24) is 9.88 Å². The second kappa shape index (κ2) is 6.09. The van der Waals surface area contributed by atoms with Crippen molar-refractivity contribution in [1.29, 1.82) is 5.26 Å². The maximum absolute atomic E-state index is 13.7. The van der Waals surface area contributed by atoms with Gasteiger partial charge in [0.25, 0.3) is 5.91 Å². The van der Waals surface area contributed by atoms with Crippen molar-refractivity contribution in [2.75, 3.05) is 7.05 Å². The zero-order chi connectivity index (χ0) is 15.4. The van der Waals surface area contributed by atoms with Crippen LogP contribution in [0.1, 0.15) is 21.6 Å². The summed E-state index contributed by atoms with van der Waals surface area (Å²) in [6, 6.07) is 9.69. The minimum atomic E-state index is -0.757. The largest absolute Gasteiger partial charge is 0.336 e. The number of amides is 1. The van der Waals surface area contributed by atoms with Crippen LogP contribution in [0, 0.1) is 23.1 Å². The van der Waals surface area contributed by atoms with Gasteiger partial charge in [0.15, 0.2) is 0 Å². The molecule has 1 aromatic heterocycles. The number of benzene rings is 1. The Morgan fingerprint density at radius 2 is 2.10 bits per heavy atom. The minimum Gasteiger partial charge on any atom is -0.336 e. The monoisotopic (exact) mass is 287 g/mol. The van der Waals surface area contributed by atoms with Crippen LogP contribution in [0.3, 0.4) is 0 Å². The van der Waals surface area contributed by atoms with Gasteiger partial charge < -0.3 is 4.90 Å². The van der Waals surface area contributed by atoms with Gasteiger partial charge >= 0.3 is 0 Å². The minimum absolute atomic E-state index is 0.0433. The van der Waals surface area contributed by atoms with E-state index in [2.05, 4.69) is 4.98 Å². The van der Waals surface area contributed by atoms with Crippen LogP contribution in [0.15, 0.2) is 36.4 Å². The van der Waals surface area contributed by atoms with E-state index in [0.29, 0.717) is 5.56 Å². The van der Waals surface area contributed by atoms with Gasteiger partial charge in [-0.25, -0.2) is 9.37 Å². The molecule has 106 valence electrons. The SMILES string of the molecule is CN(Cc1cc(C#N)ccc1F)C(=O)c1cccc(F)n1. The average Bonchev–Trinajstić information content (AvgIpc) is 2.48. The Morgan fingerprint density at radius 3 is 2.76 bits per heavy atom. The Morgan fingerprint density at radius 1 is 1.33 bits per heavy atom. The first-order chi connectivity index (χ1) is 10.0. The molecule has 0 aliphatic heterocycles. The molecular weight excluding hydrogens is 276 g/mol. The summed E-state index contributed by atoms with van der Waals surface area (Å²) in [5, 5.41) is 8.80. The number of nitrogens with zero attached hydrogens (tertiary/aromatic N) is 3. The maximum Gasteiger partial charge on any atom is 0.272 e. The molecule has 0 saturated heterocycles. The highest BCUT2D eigenvalue weighted by Gasteiger charge is 2.16. The summed E-state index contributed by atoms with van der Waals surface area (Å²) < 4.78 is 26.7. The van der Waals surface area contributed by atoms with Crippen molar-refractivity contribution in [2.45, 2.75) is 6.54 Å². The number of aromatic nitrogens is 1. The van der Waals surface area contributed by atoms with E-state index in [1.165, 1.54) is 42.3 Å². The molecule has 1 aromatic carbocycles. The molecule has 0 atom stereocenters. The van der Waals surface area contributed by atoms with E-state index in [1.807, 2.05) is 6.07 Å². The molecule has 21 heavy (non-hydrogen) atoms. The number of hydrogen-bond acceptors (Lipinski definition) is 3. The molecule has 0 unspecified atom stereocenters. The fourth-order valence-corrected chi connectivity index (χ4v) is 1.82. The highest BCUT2D eigenvalue weighted by molar-refractivity contribution is 5.92. The van der Waals surface area contributed by atoms with Crippen molar-refractivity contribution in [3.05, 3.63) is 65.0 Å². The Balaban J connectivity index is 2.20. The molecule has 0 saturated carbocycles. The van der Waals surface area contributed by atoms with Crippen molar-refractivity contribution < 1.29 is 13.6 Å². The van der Waals surface area contributed by atoms with E-state index in [4.69, 9.17) is 5.26 Å². The average molecular weight is 287 g/mol. The number of carbonyl (C=O) groups excluding carboxylic acids is 1. The molecule has 2 rings (SSSR count). The number of pyridine rings is 1. The third kappa shape index (κ3) is 3.39. The molecule has 4 nitrogen and oxygen atoms in total. The van der Waals surface area contributed by atoms with E-state index in [0.717, 1.165) is 6.07 Å². The normalized spacial score (nSPS) is 10.0. The smallest absolute Gasteiger partial charge is 0.272 e. The van der Waals surface area contributed by atoms with E-state index in [1.54, 1.807) is 0 Å². The molecule has 0 aliphatic rings. The molecule has 1 heterocycles. The molecule has 6 heteroatoms. The van der Waals surface area contributed by atoms with Gasteiger partial charge in [-0.15, -0.1) is 0 Å². The number of halogens is 2. The van der Waals surface area contributed by atoms with Crippen molar-refractivity contribution in [2.24, 2.45) is 0 Å². The quantitative estimate of drug-likeness (QED) is 0.815. The number of nitriles is 1. The van der Waals surface area contributed by atoms with Gasteiger partial charge in [0.05, 0.1) is 11.6 Å². The lowest BCUT2D eigenvalue weighted by atomic mass is 10.1. The summed E-state index contributed by atoms with van der Waals surface area (Å²) >= 11 is 0. The Hall–Kier alpha value is -2.81. The fraction of sp³-hybridized carbons (Fsp3) is 0.133. The molecule has 0 N–H and O–H groups in total. The molecule has 0 fully saturated rings. The van der Waals surface area contributed by atoms with E-state index in [-0.39, 0.29) is 17.8 Å². The number of carbonyl (C=O) groups is 1. The van der Waals surface area contributed by atoms with Crippen LogP contribution in [0.25, 0.3) is 0 Å².